The number of hydrogen-bond acceptors (Lipinski definition) is 4. The van der Waals surface area contributed by atoms with Crippen LogP contribution in [0.25, 0.3) is 11.3 Å². The van der Waals surface area contributed by atoms with Gasteiger partial charge in [0.1, 0.15) is 0 Å². The van der Waals surface area contributed by atoms with Crippen molar-refractivity contribution in [2.75, 3.05) is 11.1 Å². The molecule has 21 heavy (non-hydrogen) atoms. The number of halogens is 1. The summed E-state index contributed by atoms with van der Waals surface area (Å²) < 4.78 is 0. The van der Waals surface area contributed by atoms with E-state index in [9.17, 15) is 0 Å². The molecule has 0 aliphatic carbocycles. The average molecular weight is 316 g/mol. The van der Waals surface area contributed by atoms with E-state index in [1.807, 2.05) is 48.5 Å². The van der Waals surface area contributed by atoms with Crippen molar-refractivity contribution in [1.82, 2.24) is 4.98 Å². The quantitative estimate of drug-likeness (QED) is 0.661. The molecular formula is C16H14ClN3S. The van der Waals surface area contributed by atoms with E-state index < -0.39 is 0 Å². The van der Waals surface area contributed by atoms with Crippen molar-refractivity contribution >= 4 is 39.4 Å². The molecule has 0 amide bonds. The van der Waals surface area contributed by atoms with Crippen LogP contribution in [0.5, 0.6) is 0 Å². The van der Waals surface area contributed by atoms with E-state index in [1.165, 1.54) is 0 Å². The summed E-state index contributed by atoms with van der Waals surface area (Å²) in [6.07, 6.45) is 0. The van der Waals surface area contributed by atoms with Crippen molar-refractivity contribution in [2.45, 2.75) is 6.92 Å². The number of nitrogens with one attached hydrogen (secondary N) is 1. The lowest BCUT2D eigenvalue weighted by molar-refractivity contribution is 1.36. The number of nitrogens with zero attached hydrogens (tertiary/aromatic N) is 1. The Bertz CT molecular complexity index is 748. The third-order valence-electron chi connectivity index (χ3n) is 3.08. The fourth-order valence-corrected chi connectivity index (χ4v) is 3.00. The SMILES string of the molecule is Cc1sc(Nc2ccc(N)cc2)nc1-c1ccc(Cl)cc1. The summed E-state index contributed by atoms with van der Waals surface area (Å²) in [5.41, 5.74) is 9.45. The minimum absolute atomic E-state index is 0.729. The van der Waals surface area contributed by atoms with Crippen molar-refractivity contribution in [1.29, 1.82) is 0 Å². The minimum Gasteiger partial charge on any atom is -0.399 e. The maximum Gasteiger partial charge on any atom is 0.187 e. The van der Waals surface area contributed by atoms with Gasteiger partial charge in [0.25, 0.3) is 0 Å². The Kier molecular flexibility index (Phi) is 3.82. The van der Waals surface area contributed by atoms with Crippen LogP contribution in [0.4, 0.5) is 16.5 Å². The second-order valence-electron chi connectivity index (χ2n) is 4.68. The number of aromatic nitrogens is 1. The largest absolute Gasteiger partial charge is 0.399 e. The lowest BCUT2D eigenvalue weighted by atomic mass is 10.1. The topological polar surface area (TPSA) is 50.9 Å². The van der Waals surface area contributed by atoms with Crippen LogP contribution in [0.1, 0.15) is 4.88 Å². The summed E-state index contributed by atoms with van der Waals surface area (Å²) in [5, 5.41) is 4.89. The van der Waals surface area contributed by atoms with Gasteiger partial charge in [0.05, 0.1) is 5.69 Å². The van der Waals surface area contributed by atoms with Crippen LogP contribution in [0, 0.1) is 6.92 Å². The van der Waals surface area contributed by atoms with Gasteiger partial charge in [0.15, 0.2) is 5.13 Å². The summed E-state index contributed by atoms with van der Waals surface area (Å²) in [6, 6.07) is 15.3. The van der Waals surface area contributed by atoms with Crippen molar-refractivity contribution in [3.8, 4) is 11.3 Å². The van der Waals surface area contributed by atoms with Gasteiger partial charge in [-0.05, 0) is 43.3 Å². The van der Waals surface area contributed by atoms with E-state index in [1.54, 1.807) is 11.3 Å². The maximum atomic E-state index is 5.92. The molecule has 0 unspecified atom stereocenters. The molecule has 0 aliphatic heterocycles. The summed E-state index contributed by atoms with van der Waals surface area (Å²) in [5.74, 6) is 0. The molecule has 0 spiro atoms. The highest BCUT2D eigenvalue weighted by Gasteiger charge is 2.10. The zero-order valence-electron chi connectivity index (χ0n) is 11.4. The van der Waals surface area contributed by atoms with E-state index in [0.717, 1.165) is 37.7 Å². The molecule has 0 bridgehead atoms. The summed E-state index contributed by atoms with van der Waals surface area (Å²) >= 11 is 7.55. The number of aryl methyl sites for hydroxylation is 1. The summed E-state index contributed by atoms with van der Waals surface area (Å²) in [6.45, 7) is 2.07. The Labute approximate surface area is 132 Å². The smallest absolute Gasteiger partial charge is 0.187 e. The number of nitrogen functional groups attached to an aromatic ring is 1. The van der Waals surface area contributed by atoms with Gasteiger partial charge in [-0.3, -0.25) is 0 Å². The number of hydrogen-bond donors (Lipinski definition) is 2. The highest BCUT2D eigenvalue weighted by Crippen LogP contribution is 2.32. The lowest BCUT2D eigenvalue weighted by Gasteiger charge is -2.02. The first kappa shape index (κ1) is 13.9. The molecule has 0 atom stereocenters. The average Bonchev–Trinajstić information content (AvgIpc) is 2.83. The van der Waals surface area contributed by atoms with Gasteiger partial charge in [-0.15, -0.1) is 11.3 Å². The molecule has 1 aromatic heterocycles. The molecule has 3 N–H and O–H groups in total. The molecule has 3 aromatic rings. The maximum absolute atomic E-state index is 5.92. The third kappa shape index (κ3) is 3.17. The zero-order valence-corrected chi connectivity index (χ0v) is 13.0. The molecule has 0 radical (unpaired) electrons. The van der Waals surface area contributed by atoms with Crippen molar-refractivity contribution < 1.29 is 0 Å². The second-order valence-corrected chi connectivity index (χ2v) is 6.32. The van der Waals surface area contributed by atoms with Gasteiger partial charge in [-0.2, -0.15) is 0 Å². The van der Waals surface area contributed by atoms with Gasteiger partial charge in [0.2, 0.25) is 0 Å². The molecule has 106 valence electrons. The third-order valence-corrected chi connectivity index (χ3v) is 4.21. The Balaban J connectivity index is 1.87. The number of anilines is 3. The van der Waals surface area contributed by atoms with Crippen LogP contribution in [0.3, 0.4) is 0 Å². The molecule has 0 aliphatic rings. The lowest BCUT2D eigenvalue weighted by Crippen LogP contribution is -1.90. The van der Waals surface area contributed by atoms with Crippen LogP contribution in [-0.2, 0) is 0 Å². The van der Waals surface area contributed by atoms with E-state index >= 15 is 0 Å². The molecule has 0 saturated heterocycles. The van der Waals surface area contributed by atoms with E-state index in [2.05, 4.69) is 17.2 Å². The number of rotatable bonds is 3. The first-order valence-electron chi connectivity index (χ1n) is 6.48. The second kappa shape index (κ2) is 5.76. The summed E-state index contributed by atoms with van der Waals surface area (Å²) in [4.78, 5) is 5.82. The Morgan fingerprint density at radius 1 is 1.05 bits per heavy atom. The molecule has 1 heterocycles. The van der Waals surface area contributed by atoms with E-state index in [4.69, 9.17) is 17.3 Å². The highest BCUT2D eigenvalue weighted by molar-refractivity contribution is 7.16. The minimum atomic E-state index is 0.729. The Morgan fingerprint density at radius 2 is 1.71 bits per heavy atom. The van der Waals surface area contributed by atoms with E-state index in [-0.39, 0.29) is 0 Å². The number of thiazole rings is 1. The van der Waals surface area contributed by atoms with Crippen molar-refractivity contribution in [2.24, 2.45) is 0 Å². The molecule has 2 aromatic carbocycles. The number of nitrogens with two attached hydrogens (primary N) is 1. The van der Waals surface area contributed by atoms with Gasteiger partial charge >= 0.3 is 0 Å². The van der Waals surface area contributed by atoms with Gasteiger partial charge in [0, 0.05) is 26.8 Å². The van der Waals surface area contributed by atoms with Crippen LogP contribution >= 0.6 is 22.9 Å². The predicted molar refractivity (Wildman–Crippen MR) is 91.4 cm³/mol. The van der Waals surface area contributed by atoms with Crippen LogP contribution in [-0.4, -0.2) is 4.98 Å². The standard InChI is InChI=1S/C16H14ClN3S/c1-10-15(11-2-4-12(17)5-3-11)20-16(21-10)19-14-8-6-13(18)7-9-14/h2-9H,18H2,1H3,(H,19,20). The molecular weight excluding hydrogens is 302 g/mol. The molecule has 0 fully saturated rings. The van der Waals surface area contributed by atoms with Gasteiger partial charge < -0.3 is 11.1 Å². The molecule has 5 heteroatoms. The van der Waals surface area contributed by atoms with E-state index in [0.29, 0.717) is 0 Å². The Hall–Kier alpha value is -2.04. The molecule has 0 saturated carbocycles. The molecule has 3 rings (SSSR count). The monoisotopic (exact) mass is 315 g/mol. The van der Waals surface area contributed by atoms with Gasteiger partial charge in [-0.25, -0.2) is 4.98 Å². The zero-order chi connectivity index (χ0) is 14.8. The fraction of sp³-hybridized carbons (Fsp3) is 0.0625. The fourth-order valence-electron chi connectivity index (χ4n) is 2.02. The van der Waals surface area contributed by atoms with Crippen molar-refractivity contribution in [3.63, 3.8) is 0 Å². The van der Waals surface area contributed by atoms with Crippen LogP contribution < -0.4 is 11.1 Å². The normalized spacial score (nSPS) is 10.6. The first-order valence-corrected chi connectivity index (χ1v) is 7.67. The number of benzene rings is 2. The molecule has 3 nitrogen and oxygen atoms in total. The summed E-state index contributed by atoms with van der Waals surface area (Å²) in [7, 11) is 0. The highest BCUT2D eigenvalue weighted by atomic mass is 35.5. The van der Waals surface area contributed by atoms with Crippen LogP contribution in [0.2, 0.25) is 5.02 Å². The van der Waals surface area contributed by atoms with Gasteiger partial charge in [-0.1, -0.05) is 23.7 Å². The first-order chi connectivity index (χ1) is 10.1. The van der Waals surface area contributed by atoms with Crippen molar-refractivity contribution in [3.05, 3.63) is 58.4 Å². The predicted octanol–water partition coefficient (Wildman–Crippen LogP) is 5.10. The van der Waals surface area contributed by atoms with Crippen LogP contribution in [0.15, 0.2) is 48.5 Å². The Morgan fingerprint density at radius 3 is 2.38 bits per heavy atom.